The topological polar surface area (TPSA) is 96.0 Å². The number of hydrogen-bond donors (Lipinski definition) is 2. The highest BCUT2D eigenvalue weighted by atomic mass is 16.5. The van der Waals surface area contributed by atoms with Crippen LogP contribution in [0.2, 0.25) is 0 Å². The number of amides is 2. The first kappa shape index (κ1) is 19.3. The molecule has 0 unspecified atom stereocenters. The fraction of sp³-hybridized carbons (Fsp3) is 0.300. The summed E-state index contributed by atoms with van der Waals surface area (Å²) < 4.78 is 5.43. The van der Waals surface area contributed by atoms with Crippen molar-refractivity contribution < 1.29 is 9.53 Å². The normalized spacial score (nSPS) is 10.6. The fourth-order valence-corrected chi connectivity index (χ4v) is 2.92. The molecule has 0 spiro atoms. The van der Waals surface area contributed by atoms with Gasteiger partial charge < -0.3 is 15.0 Å². The Morgan fingerprint density at radius 2 is 1.93 bits per heavy atom. The summed E-state index contributed by atoms with van der Waals surface area (Å²) in [7, 11) is 3.37. The van der Waals surface area contributed by atoms with Crippen molar-refractivity contribution in [2.75, 3.05) is 19.5 Å². The van der Waals surface area contributed by atoms with Crippen molar-refractivity contribution in [3.63, 3.8) is 0 Å². The highest BCUT2D eigenvalue weighted by molar-refractivity contribution is 5.89. The zero-order valence-corrected chi connectivity index (χ0v) is 16.7. The lowest BCUT2D eigenvalue weighted by Crippen LogP contribution is -2.31. The molecule has 146 valence electrons. The van der Waals surface area contributed by atoms with E-state index in [4.69, 9.17) is 4.74 Å². The van der Waals surface area contributed by atoms with Crippen molar-refractivity contribution in [2.24, 2.45) is 0 Å². The van der Waals surface area contributed by atoms with Gasteiger partial charge in [0.1, 0.15) is 11.6 Å². The van der Waals surface area contributed by atoms with Gasteiger partial charge in [0, 0.05) is 35.6 Å². The molecule has 2 amide bonds. The Morgan fingerprint density at radius 1 is 1.21 bits per heavy atom. The average molecular weight is 380 g/mol. The Bertz CT molecular complexity index is 981. The van der Waals surface area contributed by atoms with Crippen LogP contribution in [-0.4, -0.2) is 45.3 Å². The molecule has 0 bridgehead atoms. The van der Waals surface area contributed by atoms with Crippen LogP contribution in [-0.2, 0) is 6.54 Å². The van der Waals surface area contributed by atoms with Gasteiger partial charge in [0.25, 0.3) is 0 Å². The predicted molar refractivity (Wildman–Crippen MR) is 107 cm³/mol. The van der Waals surface area contributed by atoms with E-state index in [9.17, 15) is 4.79 Å². The Morgan fingerprint density at radius 3 is 2.54 bits per heavy atom. The molecule has 2 N–H and O–H groups in total. The maximum atomic E-state index is 12.5. The molecular formula is C20H24N6O2. The fourth-order valence-electron chi connectivity index (χ4n) is 2.92. The predicted octanol–water partition coefficient (Wildman–Crippen LogP) is 3.46. The number of urea groups is 1. The van der Waals surface area contributed by atoms with Gasteiger partial charge >= 0.3 is 6.03 Å². The van der Waals surface area contributed by atoms with Crippen molar-refractivity contribution in [3.8, 4) is 17.1 Å². The number of carbonyl (C=O) groups is 1. The zero-order chi connectivity index (χ0) is 20.3. The summed E-state index contributed by atoms with van der Waals surface area (Å²) >= 11 is 0. The number of aryl methyl sites for hydroxylation is 2. The number of hydrogen-bond acceptors (Lipinski definition) is 5. The number of H-pyrrole nitrogens is 1. The third-order valence-corrected chi connectivity index (χ3v) is 4.47. The van der Waals surface area contributed by atoms with Gasteiger partial charge in [-0.3, -0.25) is 10.1 Å². The molecule has 3 rings (SSSR count). The summed E-state index contributed by atoms with van der Waals surface area (Å²) in [6, 6.07) is 7.17. The number of nitrogens with one attached hydrogen (secondary N) is 2. The van der Waals surface area contributed by atoms with Crippen molar-refractivity contribution in [3.05, 3.63) is 53.1 Å². The quantitative estimate of drug-likeness (QED) is 0.707. The van der Waals surface area contributed by atoms with E-state index in [-0.39, 0.29) is 6.03 Å². The molecule has 0 aliphatic heterocycles. The second kappa shape index (κ2) is 8.08. The van der Waals surface area contributed by atoms with Crippen molar-refractivity contribution in [1.82, 2.24) is 25.1 Å². The summed E-state index contributed by atoms with van der Waals surface area (Å²) in [6.07, 6.45) is 1.76. The molecule has 28 heavy (non-hydrogen) atoms. The Kier molecular flexibility index (Phi) is 5.58. The van der Waals surface area contributed by atoms with Crippen LogP contribution in [0.4, 0.5) is 10.5 Å². The standard InChI is InChI=1S/C20H24N6O2/c1-12-10-21-17(13(2)18(12)28-5)11-26(4)20(27)23-16-8-6-15(7-9-16)19-22-14(3)24-25-19/h6-10H,11H2,1-5H3,(H,23,27)(H,22,24,25). The molecule has 0 saturated heterocycles. The van der Waals surface area contributed by atoms with Crippen LogP contribution in [0.25, 0.3) is 11.4 Å². The number of aromatic nitrogens is 4. The molecule has 2 aromatic heterocycles. The van der Waals surface area contributed by atoms with Gasteiger partial charge in [-0.1, -0.05) is 0 Å². The van der Waals surface area contributed by atoms with Gasteiger partial charge in [0.15, 0.2) is 5.82 Å². The summed E-state index contributed by atoms with van der Waals surface area (Å²) in [4.78, 5) is 22.9. The maximum Gasteiger partial charge on any atom is 0.321 e. The van der Waals surface area contributed by atoms with Gasteiger partial charge in [-0.15, -0.1) is 0 Å². The number of anilines is 1. The number of aromatic amines is 1. The SMILES string of the molecule is COc1c(C)cnc(CN(C)C(=O)Nc2ccc(-c3n[nH]c(C)n3)cc2)c1C. The minimum Gasteiger partial charge on any atom is -0.496 e. The van der Waals surface area contributed by atoms with Crippen LogP contribution in [0.3, 0.4) is 0 Å². The first-order valence-electron chi connectivity index (χ1n) is 8.89. The molecule has 2 heterocycles. The molecule has 8 heteroatoms. The van der Waals surface area contributed by atoms with Crippen LogP contribution >= 0.6 is 0 Å². The highest BCUT2D eigenvalue weighted by Crippen LogP contribution is 2.25. The minimum absolute atomic E-state index is 0.220. The number of benzene rings is 1. The summed E-state index contributed by atoms with van der Waals surface area (Å²) in [6.45, 7) is 6.12. The van der Waals surface area contributed by atoms with Crippen molar-refractivity contribution in [2.45, 2.75) is 27.3 Å². The maximum absolute atomic E-state index is 12.5. The Balaban J connectivity index is 1.66. The monoisotopic (exact) mass is 380 g/mol. The van der Waals surface area contributed by atoms with Crippen molar-refractivity contribution in [1.29, 1.82) is 0 Å². The number of carbonyl (C=O) groups excluding carboxylic acids is 1. The first-order valence-corrected chi connectivity index (χ1v) is 8.89. The van der Waals surface area contributed by atoms with Gasteiger partial charge in [-0.2, -0.15) is 5.10 Å². The second-order valence-corrected chi connectivity index (χ2v) is 6.65. The Labute approximate surface area is 164 Å². The van der Waals surface area contributed by atoms with E-state index >= 15 is 0 Å². The third kappa shape index (κ3) is 4.11. The van der Waals surface area contributed by atoms with Gasteiger partial charge in [-0.25, -0.2) is 9.78 Å². The average Bonchev–Trinajstić information content (AvgIpc) is 3.11. The molecule has 0 atom stereocenters. The molecule has 0 fully saturated rings. The summed E-state index contributed by atoms with van der Waals surface area (Å²) in [5.74, 6) is 2.18. The second-order valence-electron chi connectivity index (χ2n) is 6.65. The van der Waals surface area contributed by atoms with Gasteiger partial charge in [0.2, 0.25) is 0 Å². The Hall–Kier alpha value is -3.42. The lowest BCUT2D eigenvalue weighted by molar-refractivity contribution is 0.220. The lowest BCUT2D eigenvalue weighted by atomic mass is 10.1. The molecule has 0 aliphatic carbocycles. The van der Waals surface area contributed by atoms with Crippen molar-refractivity contribution >= 4 is 11.7 Å². The number of rotatable bonds is 5. The number of ether oxygens (including phenoxy) is 1. The van der Waals surface area contributed by atoms with E-state index < -0.39 is 0 Å². The van der Waals surface area contributed by atoms with E-state index in [1.807, 2.05) is 45.0 Å². The lowest BCUT2D eigenvalue weighted by Gasteiger charge is -2.20. The summed E-state index contributed by atoms with van der Waals surface area (Å²) in [5.41, 5.74) is 4.28. The van der Waals surface area contributed by atoms with E-state index in [1.54, 1.807) is 25.3 Å². The van der Waals surface area contributed by atoms with Gasteiger partial charge in [0.05, 0.1) is 19.3 Å². The van der Waals surface area contributed by atoms with Crippen LogP contribution in [0.5, 0.6) is 5.75 Å². The van der Waals surface area contributed by atoms with Crippen LogP contribution in [0, 0.1) is 20.8 Å². The molecule has 8 nitrogen and oxygen atoms in total. The molecule has 3 aromatic rings. The van der Waals surface area contributed by atoms with E-state index in [0.29, 0.717) is 18.1 Å². The van der Waals surface area contributed by atoms with E-state index in [2.05, 4.69) is 25.5 Å². The number of methoxy groups -OCH3 is 1. The molecular weight excluding hydrogens is 356 g/mol. The molecule has 0 aliphatic rings. The van der Waals surface area contributed by atoms with E-state index in [1.165, 1.54) is 0 Å². The third-order valence-electron chi connectivity index (χ3n) is 4.47. The van der Waals surface area contributed by atoms with Crippen LogP contribution < -0.4 is 10.1 Å². The molecule has 1 aromatic carbocycles. The molecule has 0 saturated carbocycles. The number of nitrogens with zero attached hydrogens (tertiary/aromatic N) is 4. The van der Waals surface area contributed by atoms with Crippen LogP contribution in [0.1, 0.15) is 22.6 Å². The molecule has 0 radical (unpaired) electrons. The smallest absolute Gasteiger partial charge is 0.321 e. The zero-order valence-electron chi connectivity index (χ0n) is 16.7. The summed E-state index contributed by atoms with van der Waals surface area (Å²) in [5, 5.41) is 9.83. The van der Waals surface area contributed by atoms with Gasteiger partial charge in [-0.05, 0) is 45.0 Å². The highest BCUT2D eigenvalue weighted by Gasteiger charge is 2.15. The van der Waals surface area contributed by atoms with Crippen LogP contribution in [0.15, 0.2) is 30.5 Å². The van der Waals surface area contributed by atoms with E-state index in [0.717, 1.165) is 34.0 Å². The number of pyridine rings is 1. The minimum atomic E-state index is -0.220. The first-order chi connectivity index (χ1) is 13.4. The largest absolute Gasteiger partial charge is 0.496 e.